The molecular formula is C31H31F3N2O6. The number of carbonyl (C=O) groups is 2. The van der Waals surface area contributed by atoms with Crippen LogP contribution in [0, 0.1) is 17.8 Å². The van der Waals surface area contributed by atoms with E-state index in [0.29, 0.717) is 31.0 Å². The van der Waals surface area contributed by atoms with Crippen LogP contribution in [0.25, 0.3) is 11.3 Å². The predicted octanol–water partition coefficient (Wildman–Crippen LogP) is 6.54. The zero-order valence-corrected chi connectivity index (χ0v) is 23.0. The van der Waals surface area contributed by atoms with Gasteiger partial charge in [-0.3, -0.25) is 4.79 Å². The molecule has 0 radical (unpaired) electrons. The molecule has 6 rings (SSSR count). The molecule has 42 heavy (non-hydrogen) atoms. The summed E-state index contributed by atoms with van der Waals surface area (Å²) in [5.41, 5.74) is 3.05. The fourth-order valence-corrected chi connectivity index (χ4v) is 6.29. The molecule has 2 heterocycles. The highest BCUT2D eigenvalue weighted by Gasteiger charge is 2.47. The highest BCUT2D eigenvalue weighted by atomic mass is 19.4. The van der Waals surface area contributed by atoms with Gasteiger partial charge in [0.1, 0.15) is 17.2 Å². The molecule has 11 heteroatoms. The number of aromatic carboxylic acids is 1. The Labute approximate surface area is 240 Å². The Morgan fingerprint density at radius 2 is 1.86 bits per heavy atom. The van der Waals surface area contributed by atoms with Crippen LogP contribution < -0.4 is 4.74 Å². The SMILES string of the molecule is CCC1CC(COCc2c(-c3ccccc3OC(F)(F)F)noc2C2CC2)C1C(=O)N1Cc2ccc(C(=O)O)cc2C1. The standard InChI is InChI=1S/C31H31F3N2O6/c1-2-17-11-22(26(17)29(37)36-13-20-10-9-19(30(38)39)12-21(20)14-36)15-40-16-24-27(35-42-28(24)18-7-8-18)23-5-3-4-6-25(23)41-31(32,33)34/h3-6,9-10,12,17-18,22,26H,2,7-8,11,13-16H2,1H3,(H,38,39). The van der Waals surface area contributed by atoms with Crippen molar-refractivity contribution in [3.05, 3.63) is 70.5 Å². The molecule has 3 atom stereocenters. The number of hydrogen-bond acceptors (Lipinski definition) is 6. The number of fused-ring (bicyclic) bond motifs is 1. The zero-order valence-electron chi connectivity index (χ0n) is 23.0. The first kappa shape index (κ1) is 28.3. The lowest BCUT2D eigenvalue weighted by Crippen LogP contribution is -2.49. The second kappa shape index (κ2) is 11.1. The highest BCUT2D eigenvalue weighted by molar-refractivity contribution is 5.88. The van der Waals surface area contributed by atoms with Crippen LogP contribution in [-0.2, 0) is 29.2 Å². The van der Waals surface area contributed by atoms with Crippen LogP contribution in [0.15, 0.2) is 47.0 Å². The number of halogens is 3. The normalized spacial score (nSPS) is 21.6. The maximum Gasteiger partial charge on any atom is 0.573 e. The highest BCUT2D eigenvalue weighted by Crippen LogP contribution is 2.47. The van der Waals surface area contributed by atoms with E-state index in [9.17, 15) is 27.9 Å². The molecule has 2 fully saturated rings. The number of hydrogen-bond donors (Lipinski definition) is 1. The van der Waals surface area contributed by atoms with Crippen LogP contribution in [0.1, 0.15) is 71.3 Å². The minimum atomic E-state index is -4.85. The number of ether oxygens (including phenoxy) is 2. The van der Waals surface area contributed by atoms with E-state index < -0.39 is 12.3 Å². The second-order valence-corrected chi connectivity index (χ2v) is 11.4. The van der Waals surface area contributed by atoms with E-state index in [4.69, 9.17) is 9.26 Å². The zero-order chi connectivity index (χ0) is 29.6. The van der Waals surface area contributed by atoms with Gasteiger partial charge in [-0.2, -0.15) is 0 Å². The minimum absolute atomic E-state index is 0.00530. The molecule has 3 unspecified atom stereocenters. The third-order valence-corrected chi connectivity index (χ3v) is 8.63. The van der Waals surface area contributed by atoms with Crippen molar-refractivity contribution in [3.8, 4) is 17.0 Å². The van der Waals surface area contributed by atoms with Gasteiger partial charge in [0, 0.05) is 36.1 Å². The second-order valence-electron chi connectivity index (χ2n) is 11.4. The summed E-state index contributed by atoms with van der Waals surface area (Å²) in [5, 5.41) is 13.4. The molecular weight excluding hydrogens is 553 g/mol. The molecule has 2 aliphatic carbocycles. The molecule has 3 aromatic rings. The lowest BCUT2D eigenvalue weighted by molar-refractivity contribution is -0.274. The van der Waals surface area contributed by atoms with Crippen LogP contribution >= 0.6 is 0 Å². The summed E-state index contributed by atoms with van der Waals surface area (Å²) in [7, 11) is 0. The summed E-state index contributed by atoms with van der Waals surface area (Å²) in [6.45, 7) is 3.29. The van der Waals surface area contributed by atoms with Gasteiger partial charge < -0.3 is 24.0 Å². The Morgan fingerprint density at radius 1 is 1.10 bits per heavy atom. The van der Waals surface area contributed by atoms with Gasteiger partial charge in [-0.15, -0.1) is 13.2 Å². The van der Waals surface area contributed by atoms with E-state index in [1.165, 1.54) is 18.2 Å². The molecule has 0 bridgehead atoms. The molecule has 2 saturated carbocycles. The number of alkyl halides is 3. The number of carbonyl (C=O) groups excluding carboxylic acids is 1. The largest absolute Gasteiger partial charge is 0.573 e. The van der Waals surface area contributed by atoms with E-state index >= 15 is 0 Å². The van der Waals surface area contributed by atoms with Crippen LogP contribution in [0.3, 0.4) is 0 Å². The summed E-state index contributed by atoms with van der Waals surface area (Å²) in [6, 6.07) is 10.8. The van der Waals surface area contributed by atoms with Crippen molar-refractivity contribution < 1.29 is 41.9 Å². The van der Waals surface area contributed by atoms with E-state index in [0.717, 1.165) is 36.8 Å². The molecule has 8 nitrogen and oxygen atoms in total. The summed E-state index contributed by atoms with van der Waals surface area (Å²) in [5.74, 6) is -0.539. The number of para-hydroxylation sites is 1. The molecule has 3 aliphatic rings. The fourth-order valence-electron chi connectivity index (χ4n) is 6.29. The van der Waals surface area contributed by atoms with Gasteiger partial charge in [-0.25, -0.2) is 4.79 Å². The molecule has 2 aromatic carbocycles. The quantitative estimate of drug-likeness (QED) is 0.289. The Bertz CT molecular complexity index is 1500. The van der Waals surface area contributed by atoms with E-state index in [2.05, 4.69) is 16.8 Å². The van der Waals surface area contributed by atoms with Crippen molar-refractivity contribution in [2.45, 2.75) is 64.6 Å². The van der Waals surface area contributed by atoms with Crippen LogP contribution in [0.4, 0.5) is 13.2 Å². The topological polar surface area (TPSA) is 102 Å². The lowest BCUT2D eigenvalue weighted by atomic mass is 9.63. The number of aromatic nitrogens is 1. The third-order valence-electron chi connectivity index (χ3n) is 8.63. The van der Waals surface area contributed by atoms with Crippen molar-refractivity contribution in [2.75, 3.05) is 6.61 Å². The maximum atomic E-state index is 13.7. The number of carboxylic acids is 1. The summed E-state index contributed by atoms with van der Waals surface area (Å²) >= 11 is 0. The van der Waals surface area contributed by atoms with Crippen molar-refractivity contribution in [2.24, 2.45) is 17.8 Å². The number of amides is 1. The fraction of sp³-hybridized carbons (Fsp3) is 0.452. The minimum Gasteiger partial charge on any atom is -0.478 e. The van der Waals surface area contributed by atoms with Gasteiger partial charge >= 0.3 is 12.3 Å². The van der Waals surface area contributed by atoms with E-state index in [1.807, 2.05) is 0 Å². The first-order chi connectivity index (χ1) is 20.1. The first-order valence-electron chi connectivity index (χ1n) is 14.2. The van der Waals surface area contributed by atoms with Crippen molar-refractivity contribution >= 4 is 11.9 Å². The maximum absolute atomic E-state index is 13.7. The van der Waals surface area contributed by atoms with Crippen LogP contribution in [0.5, 0.6) is 5.75 Å². The van der Waals surface area contributed by atoms with Crippen LogP contribution in [0.2, 0.25) is 0 Å². The average molecular weight is 585 g/mol. The van der Waals surface area contributed by atoms with Gasteiger partial charge in [-0.1, -0.05) is 36.7 Å². The molecule has 1 N–H and O–H groups in total. The Balaban J connectivity index is 1.15. The number of nitrogens with zero attached hydrogens (tertiary/aromatic N) is 2. The van der Waals surface area contributed by atoms with Crippen molar-refractivity contribution in [1.82, 2.24) is 10.1 Å². The van der Waals surface area contributed by atoms with E-state index in [-0.39, 0.29) is 58.8 Å². The Hall–Kier alpha value is -3.86. The summed E-state index contributed by atoms with van der Waals surface area (Å²) < 4.78 is 55.2. The third kappa shape index (κ3) is 5.62. The molecule has 222 valence electrons. The van der Waals surface area contributed by atoms with Gasteiger partial charge in [0.15, 0.2) is 0 Å². The molecule has 0 spiro atoms. The number of carboxylic acid groups (broad SMARTS) is 1. The number of rotatable bonds is 10. The van der Waals surface area contributed by atoms with Gasteiger partial charge in [0.25, 0.3) is 0 Å². The smallest absolute Gasteiger partial charge is 0.478 e. The molecule has 1 aliphatic heterocycles. The van der Waals surface area contributed by atoms with Gasteiger partial charge in [0.05, 0.1) is 18.8 Å². The molecule has 1 amide bonds. The van der Waals surface area contributed by atoms with E-state index in [1.54, 1.807) is 29.2 Å². The van der Waals surface area contributed by atoms with Gasteiger partial charge in [0.2, 0.25) is 5.91 Å². The van der Waals surface area contributed by atoms with Crippen molar-refractivity contribution in [3.63, 3.8) is 0 Å². The predicted molar refractivity (Wildman–Crippen MR) is 143 cm³/mol. The first-order valence-corrected chi connectivity index (χ1v) is 14.2. The average Bonchev–Trinajstić information content (AvgIpc) is 3.54. The number of benzene rings is 2. The summed E-state index contributed by atoms with van der Waals surface area (Å²) in [6.07, 6.45) is -1.34. The lowest BCUT2D eigenvalue weighted by Gasteiger charge is -2.44. The molecule has 0 saturated heterocycles. The summed E-state index contributed by atoms with van der Waals surface area (Å²) in [4.78, 5) is 26.8. The molecule has 1 aromatic heterocycles. The van der Waals surface area contributed by atoms with Crippen LogP contribution in [-0.4, -0.2) is 40.0 Å². The monoisotopic (exact) mass is 584 g/mol. The Kier molecular flexibility index (Phi) is 7.46. The Morgan fingerprint density at radius 3 is 2.57 bits per heavy atom. The van der Waals surface area contributed by atoms with Crippen molar-refractivity contribution in [1.29, 1.82) is 0 Å². The van der Waals surface area contributed by atoms with Gasteiger partial charge in [-0.05, 0) is 66.5 Å².